The minimum atomic E-state index is -0.850. The van der Waals surface area contributed by atoms with Gasteiger partial charge >= 0.3 is 6.09 Å². The van der Waals surface area contributed by atoms with E-state index in [1.54, 1.807) is 4.90 Å². The Bertz CT molecular complexity index is 331. The molecule has 1 fully saturated rings. The second-order valence-electron chi connectivity index (χ2n) is 6.65. The molecule has 1 aliphatic heterocycles. The summed E-state index contributed by atoms with van der Waals surface area (Å²) in [5, 5.41) is 18.3. The molecule has 124 valence electrons. The molecule has 1 saturated heterocycles. The average molecular weight is 303 g/mol. The van der Waals surface area contributed by atoms with E-state index in [4.69, 9.17) is 14.6 Å². The van der Waals surface area contributed by atoms with Crippen LogP contribution in [-0.4, -0.2) is 64.8 Å². The van der Waals surface area contributed by atoms with Gasteiger partial charge in [-0.15, -0.1) is 0 Å². The van der Waals surface area contributed by atoms with Crippen LogP contribution >= 0.6 is 0 Å². The molecule has 0 aromatic rings. The fourth-order valence-corrected chi connectivity index (χ4v) is 2.35. The third kappa shape index (κ3) is 5.80. The Labute approximate surface area is 127 Å². The third-order valence-corrected chi connectivity index (χ3v) is 3.76. The Morgan fingerprint density at radius 1 is 1.33 bits per heavy atom. The van der Waals surface area contributed by atoms with Gasteiger partial charge in [-0.3, -0.25) is 0 Å². The highest BCUT2D eigenvalue weighted by molar-refractivity contribution is 5.68. The van der Waals surface area contributed by atoms with Crippen molar-refractivity contribution in [1.82, 2.24) is 4.90 Å². The van der Waals surface area contributed by atoms with Crippen molar-refractivity contribution < 1.29 is 24.5 Å². The van der Waals surface area contributed by atoms with Gasteiger partial charge in [-0.25, -0.2) is 4.79 Å². The smallest absolute Gasteiger partial charge is 0.410 e. The first-order chi connectivity index (χ1) is 9.71. The molecular weight excluding hydrogens is 274 g/mol. The van der Waals surface area contributed by atoms with Gasteiger partial charge in [-0.05, 0) is 40.0 Å². The Morgan fingerprint density at radius 3 is 2.33 bits per heavy atom. The number of carbonyl (C=O) groups is 1. The van der Waals surface area contributed by atoms with Gasteiger partial charge in [-0.1, -0.05) is 6.92 Å². The minimum absolute atomic E-state index is 0.122. The predicted molar refractivity (Wildman–Crippen MR) is 79.1 cm³/mol. The highest BCUT2D eigenvalue weighted by Gasteiger charge is 2.36. The number of likely N-dealkylation sites (tertiary alicyclic amines) is 1. The normalized spacial score (nSPS) is 20.2. The van der Waals surface area contributed by atoms with E-state index in [0.717, 1.165) is 6.42 Å². The maximum absolute atomic E-state index is 12.0. The zero-order valence-corrected chi connectivity index (χ0v) is 13.6. The summed E-state index contributed by atoms with van der Waals surface area (Å²) in [6.45, 7) is 8.57. The van der Waals surface area contributed by atoms with E-state index in [1.807, 2.05) is 27.7 Å². The number of hydrogen-bond acceptors (Lipinski definition) is 5. The second-order valence-corrected chi connectivity index (χ2v) is 6.65. The third-order valence-electron chi connectivity index (χ3n) is 3.76. The molecule has 0 aliphatic carbocycles. The van der Waals surface area contributed by atoms with Crippen molar-refractivity contribution in [3.05, 3.63) is 0 Å². The van der Waals surface area contributed by atoms with Crippen LogP contribution in [-0.2, 0) is 9.47 Å². The molecule has 0 spiro atoms. The van der Waals surface area contributed by atoms with E-state index in [0.29, 0.717) is 25.9 Å². The number of hydrogen-bond donors (Lipinski definition) is 2. The summed E-state index contributed by atoms with van der Waals surface area (Å²) in [6, 6.07) is 0. The van der Waals surface area contributed by atoms with Crippen molar-refractivity contribution in [2.45, 2.75) is 64.3 Å². The monoisotopic (exact) mass is 303 g/mol. The lowest BCUT2D eigenvalue weighted by Gasteiger charge is -2.41. The van der Waals surface area contributed by atoms with E-state index in [-0.39, 0.29) is 24.9 Å². The Kier molecular flexibility index (Phi) is 6.43. The van der Waals surface area contributed by atoms with Crippen molar-refractivity contribution in [3.63, 3.8) is 0 Å². The van der Waals surface area contributed by atoms with Crippen LogP contribution in [0.25, 0.3) is 0 Å². The van der Waals surface area contributed by atoms with E-state index < -0.39 is 11.7 Å². The summed E-state index contributed by atoms with van der Waals surface area (Å²) in [6.07, 6.45) is 1.09. The highest BCUT2D eigenvalue weighted by atomic mass is 16.6. The first kappa shape index (κ1) is 18.2. The van der Waals surface area contributed by atoms with Gasteiger partial charge < -0.3 is 24.6 Å². The van der Waals surface area contributed by atoms with Gasteiger partial charge in [0.25, 0.3) is 0 Å². The van der Waals surface area contributed by atoms with Gasteiger partial charge in [0.1, 0.15) is 11.7 Å². The number of rotatable bonds is 5. The number of amides is 1. The molecule has 1 heterocycles. The number of piperidine rings is 1. The van der Waals surface area contributed by atoms with E-state index in [1.165, 1.54) is 0 Å². The Morgan fingerprint density at radius 2 is 1.90 bits per heavy atom. The minimum Gasteiger partial charge on any atom is -0.444 e. The quantitative estimate of drug-likeness (QED) is 0.805. The first-order valence-corrected chi connectivity index (χ1v) is 7.62. The van der Waals surface area contributed by atoms with Crippen LogP contribution in [0.2, 0.25) is 0 Å². The van der Waals surface area contributed by atoms with Crippen molar-refractivity contribution in [1.29, 1.82) is 0 Å². The van der Waals surface area contributed by atoms with Crippen LogP contribution in [0, 0.1) is 0 Å². The molecule has 6 nitrogen and oxygen atoms in total. The standard InChI is InChI=1S/C15H29NO5/c1-5-15(20-11-12(18)10-17)6-8-16(9-7-15)13(19)21-14(2,3)4/h12,17-18H,5-11H2,1-4H3. The average Bonchev–Trinajstić information content (AvgIpc) is 2.43. The van der Waals surface area contributed by atoms with Crippen LogP contribution in [0.1, 0.15) is 47.0 Å². The number of aliphatic hydroxyl groups excluding tert-OH is 2. The lowest BCUT2D eigenvalue weighted by atomic mass is 9.88. The second kappa shape index (κ2) is 7.42. The number of nitrogens with zero attached hydrogens (tertiary/aromatic N) is 1. The van der Waals surface area contributed by atoms with E-state index in [2.05, 4.69) is 0 Å². The SMILES string of the molecule is CCC1(OCC(O)CO)CCN(C(=O)OC(C)(C)C)CC1. The summed E-state index contributed by atoms with van der Waals surface area (Å²) in [7, 11) is 0. The molecular formula is C15H29NO5. The maximum atomic E-state index is 12.0. The van der Waals surface area contributed by atoms with E-state index in [9.17, 15) is 9.90 Å². The molecule has 6 heteroatoms. The summed E-state index contributed by atoms with van der Waals surface area (Å²) < 4.78 is 11.2. The van der Waals surface area contributed by atoms with Crippen molar-refractivity contribution in [2.24, 2.45) is 0 Å². The molecule has 1 atom stereocenters. The summed E-state index contributed by atoms with van der Waals surface area (Å²) in [5.41, 5.74) is -0.813. The zero-order valence-electron chi connectivity index (χ0n) is 13.6. The van der Waals surface area contributed by atoms with Gasteiger partial charge in [0.2, 0.25) is 0 Å². The lowest BCUT2D eigenvalue weighted by molar-refractivity contribution is -0.116. The van der Waals surface area contributed by atoms with Gasteiger partial charge in [-0.2, -0.15) is 0 Å². The van der Waals surface area contributed by atoms with Crippen LogP contribution < -0.4 is 0 Å². The Hall–Kier alpha value is -0.850. The highest BCUT2D eigenvalue weighted by Crippen LogP contribution is 2.30. The molecule has 1 amide bonds. The van der Waals surface area contributed by atoms with Gasteiger partial charge in [0.05, 0.1) is 18.8 Å². The van der Waals surface area contributed by atoms with Gasteiger partial charge in [0.15, 0.2) is 0 Å². The maximum Gasteiger partial charge on any atom is 0.410 e. The molecule has 21 heavy (non-hydrogen) atoms. The van der Waals surface area contributed by atoms with Gasteiger partial charge in [0, 0.05) is 13.1 Å². The molecule has 1 unspecified atom stereocenters. The fourth-order valence-electron chi connectivity index (χ4n) is 2.35. The topological polar surface area (TPSA) is 79.2 Å². The summed E-state index contributed by atoms with van der Waals surface area (Å²) >= 11 is 0. The van der Waals surface area contributed by atoms with Crippen LogP contribution in [0.15, 0.2) is 0 Å². The molecule has 0 aromatic carbocycles. The zero-order chi connectivity index (χ0) is 16.1. The van der Waals surface area contributed by atoms with E-state index >= 15 is 0 Å². The Balaban J connectivity index is 2.50. The number of ether oxygens (including phenoxy) is 2. The predicted octanol–water partition coefficient (Wildman–Crippen LogP) is 1.54. The lowest BCUT2D eigenvalue weighted by Crippen LogP contribution is -2.49. The molecule has 2 N–H and O–H groups in total. The van der Waals surface area contributed by atoms with Crippen molar-refractivity contribution >= 4 is 6.09 Å². The first-order valence-electron chi connectivity index (χ1n) is 7.62. The molecule has 0 aromatic heterocycles. The van der Waals surface area contributed by atoms with Crippen molar-refractivity contribution in [2.75, 3.05) is 26.3 Å². The largest absolute Gasteiger partial charge is 0.444 e. The summed E-state index contributed by atoms with van der Waals surface area (Å²) in [4.78, 5) is 13.7. The van der Waals surface area contributed by atoms with Crippen LogP contribution in [0.3, 0.4) is 0 Å². The molecule has 1 aliphatic rings. The molecule has 0 radical (unpaired) electrons. The number of carbonyl (C=O) groups excluding carboxylic acids is 1. The molecule has 0 saturated carbocycles. The van der Waals surface area contributed by atoms with Crippen LogP contribution in [0.5, 0.6) is 0 Å². The molecule has 0 bridgehead atoms. The van der Waals surface area contributed by atoms with Crippen molar-refractivity contribution in [3.8, 4) is 0 Å². The number of aliphatic hydroxyl groups is 2. The summed E-state index contributed by atoms with van der Waals surface area (Å²) in [5.74, 6) is 0. The molecule has 1 rings (SSSR count). The fraction of sp³-hybridized carbons (Fsp3) is 0.933. The van der Waals surface area contributed by atoms with Crippen LogP contribution in [0.4, 0.5) is 4.79 Å².